The first-order valence-corrected chi connectivity index (χ1v) is 6.61. The van der Waals surface area contributed by atoms with E-state index >= 15 is 0 Å². The fraction of sp³-hybridized carbons (Fsp3) is 0.462. The van der Waals surface area contributed by atoms with Crippen LogP contribution in [0.3, 0.4) is 0 Å². The largest absolute Gasteiger partial charge is 0.339 e. The van der Waals surface area contributed by atoms with Gasteiger partial charge in [0.25, 0.3) is 5.91 Å². The van der Waals surface area contributed by atoms with Crippen LogP contribution in [-0.4, -0.2) is 23.9 Å². The lowest BCUT2D eigenvalue weighted by atomic mass is 9.98. The van der Waals surface area contributed by atoms with Crippen molar-refractivity contribution in [2.45, 2.75) is 19.8 Å². The van der Waals surface area contributed by atoms with Crippen LogP contribution >= 0.6 is 15.9 Å². The molecular weight excluding hydrogens is 285 g/mol. The number of carbonyl (C=O) groups excluding carboxylic acids is 1. The second kappa shape index (κ2) is 5.17. The molecule has 0 saturated carbocycles. The number of likely N-dealkylation sites (tertiary alicyclic amines) is 1. The summed E-state index contributed by atoms with van der Waals surface area (Å²) < 4.78 is 13.5. The number of amides is 1. The fourth-order valence-corrected chi connectivity index (χ4v) is 2.57. The normalized spacial score (nSPS) is 17.2. The SMILES string of the molecule is CC1CCN(C(=O)c2ccc(F)cc2Br)CC1. The van der Waals surface area contributed by atoms with Gasteiger partial charge in [-0.25, -0.2) is 4.39 Å². The molecule has 1 heterocycles. The van der Waals surface area contributed by atoms with Gasteiger partial charge in [0.05, 0.1) is 5.56 Å². The van der Waals surface area contributed by atoms with Crippen molar-refractivity contribution in [2.75, 3.05) is 13.1 Å². The smallest absolute Gasteiger partial charge is 0.255 e. The summed E-state index contributed by atoms with van der Waals surface area (Å²) in [6, 6.07) is 4.20. The Morgan fingerprint density at radius 3 is 2.65 bits per heavy atom. The van der Waals surface area contributed by atoms with E-state index in [4.69, 9.17) is 0 Å². The van der Waals surface area contributed by atoms with E-state index in [1.807, 2.05) is 4.90 Å². The van der Waals surface area contributed by atoms with Crippen LogP contribution in [0.5, 0.6) is 0 Å². The van der Waals surface area contributed by atoms with Crippen molar-refractivity contribution in [1.29, 1.82) is 0 Å². The van der Waals surface area contributed by atoms with Gasteiger partial charge in [0.1, 0.15) is 5.82 Å². The molecule has 0 aliphatic carbocycles. The first-order valence-electron chi connectivity index (χ1n) is 5.82. The molecule has 92 valence electrons. The molecule has 0 unspecified atom stereocenters. The molecule has 1 aliphatic heterocycles. The molecule has 0 spiro atoms. The molecule has 0 bridgehead atoms. The molecule has 1 fully saturated rings. The summed E-state index contributed by atoms with van der Waals surface area (Å²) in [6.07, 6.45) is 2.09. The Morgan fingerprint density at radius 1 is 1.41 bits per heavy atom. The number of rotatable bonds is 1. The van der Waals surface area contributed by atoms with Crippen LogP contribution < -0.4 is 0 Å². The van der Waals surface area contributed by atoms with Crippen LogP contribution in [0.25, 0.3) is 0 Å². The summed E-state index contributed by atoms with van der Waals surface area (Å²) in [4.78, 5) is 14.1. The van der Waals surface area contributed by atoms with Gasteiger partial charge >= 0.3 is 0 Å². The van der Waals surface area contributed by atoms with E-state index in [1.54, 1.807) is 6.07 Å². The number of nitrogens with zero attached hydrogens (tertiary/aromatic N) is 1. The minimum absolute atomic E-state index is 0.0104. The molecule has 0 radical (unpaired) electrons. The second-order valence-corrected chi connectivity index (χ2v) is 5.45. The van der Waals surface area contributed by atoms with Crippen LogP contribution in [-0.2, 0) is 0 Å². The van der Waals surface area contributed by atoms with Gasteiger partial charge in [0.2, 0.25) is 0 Å². The van der Waals surface area contributed by atoms with Crippen molar-refractivity contribution < 1.29 is 9.18 Å². The molecule has 0 aromatic heterocycles. The van der Waals surface area contributed by atoms with Gasteiger partial charge in [-0.05, 0) is 52.9 Å². The number of halogens is 2. The molecule has 1 aliphatic rings. The van der Waals surface area contributed by atoms with Crippen molar-refractivity contribution in [2.24, 2.45) is 5.92 Å². The molecule has 0 atom stereocenters. The van der Waals surface area contributed by atoms with Gasteiger partial charge in [0, 0.05) is 17.6 Å². The molecule has 1 aromatic rings. The summed E-state index contributed by atoms with van der Waals surface area (Å²) in [5, 5.41) is 0. The fourth-order valence-electron chi connectivity index (χ4n) is 2.04. The highest BCUT2D eigenvalue weighted by molar-refractivity contribution is 9.10. The highest BCUT2D eigenvalue weighted by Gasteiger charge is 2.22. The lowest BCUT2D eigenvalue weighted by Gasteiger charge is -2.30. The van der Waals surface area contributed by atoms with E-state index in [0.717, 1.165) is 25.9 Å². The minimum Gasteiger partial charge on any atom is -0.339 e. The average Bonchev–Trinajstić information content (AvgIpc) is 2.29. The van der Waals surface area contributed by atoms with E-state index in [1.165, 1.54) is 12.1 Å². The minimum atomic E-state index is -0.333. The monoisotopic (exact) mass is 299 g/mol. The zero-order chi connectivity index (χ0) is 12.4. The maximum absolute atomic E-state index is 12.9. The Balaban J connectivity index is 2.14. The summed E-state index contributed by atoms with van der Waals surface area (Å²) in [5.74, 6) is 0.347. The number of carbonyl (C=O) groups is 1. The van der Waals surface area contributed by atoms with Crippen LogP contribution in [0.15, 0.2) is 22.7 Å². The first kappa shape index (κ1) is 12.6. The molecule has 17 heavy (non-hydrogen) atoms. The quantitative estimate of drug-likeness (QED) is 0.778. The van der Waals surface area contributed by atoms with Crippen molar-refractivity contribution in [1.82, 2.24) is 4.90 Å². The summed E-state index contributed by atoms with van der Waals surface area (Å²) in [6.45, 7) is 3.79. The lowest BCUT2D eigenvalue weighted by molar-refractivity contribution is 0.0696. The summed E-state index contributed by atoms with van der Waals surface area (Å²) in [7, 11) is 0. The highest BCUT2D eigenvalue weighted by atomic mass is 79.9. The van der Waals surface area contributed by atoms with E-state index in [2.05, 4.69) is 22.9 Å². The van der Waals surface area contributed by atoms with Crippen LogP contribution in [0.4, 0.5) is 4.39 Å². The van der Waals surface area contributed by atoms with Crippen LogP contribution in [0, 0.1) is 11.7 Å². The number of benzene rings is 1. The Morgan fingerprint density at radius 2 is 2.06 bits per heavy atom. The van der Waals surface area contributed by atoms with E-state index in [0.29, 0.717) is 16.0 Å². The summed E-state index contributed by atoms with van der Waals surface area (Å²) in [5.41, 5.74) is 0.543. The molecule has 1 aromatic carbocycles. The van der Waals surface area contributed by atoms with Crippen molar-refractivity contribution in [3.05, 3.63) is 34.1 Å². The average molecular weight is 300 g/mol. The van der Waals surface area contributed by atoms with Crippen LogP contribution in [0.2, 0.25) is 0 Å². The van der Waals surface area contributed by atoms with E-state index in [-0.39, 0.29) is 11.7 Å². The van der Waals surface area contributed by atoms with Gasteiger partial charge in [0.15, 0.2) is 0 Å². The maximum atomic E-state index is 12.9. The molecule has 4 heteroatoms. The van der Waals surface area contributed by atoms with Gasteiger partial charge in [-0.2, -0.15) is 0 Å². The third-order valence-corrected chi connectivity index (χ3v) is 3.89. The molecule has 1 saturated heterocycles. The Bertz CT molecular complexity index is 427. The molecule has 2 nitrogen and oxygen atoms in total. The number of hydrogen-bond donors (Lipinski definition) is 0. The first-order chi connectivity index (χ1) is 8.08. The second-order valence-electron chi connectivity index (χ2n) is 4.60. The number of hydrogen-bond acceptors (Lipinski definition) is 1. The lowest BCUT2D eigenvalue weighted by Crippen LogP contribution is -2.38. The topological polar surface area (TPSA) is 20.3 Å². The predicted molar refractivity (Wildman–Crippen MR) is 68.4 cm³/mol. The maximum Gasteiger partial charge on any atom is 0.255 e. The summed E-state index contributed by atoms with van der Waals surface area (Å²) >= 11 is 3.24. The molecule has 2 rings (SSSR count). The zero-order valence-electron chi connectivity index (χ0n) is 9.75. The Kier molecular flexibility index (Phi) is 3.82. The molecule has 1 amide bonds. The highest BCUT2D eigenvalue weighted by Crippen LogP contribution is 2.23. The third kappa shape index (κ3) is 2.86. The van der Waals surface area contributed by atoms with Gasteiger partial charge < -0.3 is 4.90 Å². The standard InChI is InChI=1S/C13H15BrFNO/c1-9-4-6-16(7-5-9)13(17)11-3-2-10(15)8-12(11)14/h2-3,8-9H,4-7H2,1H3. The van der Waals surface area contributed by atoms with Crippen molar-refractivity contribution in [3.8, 4) is 0 Å². The zero-order valence-corrected chi connectivity index (χ0v) is 11.3. The Hall–Kier alpha value is -0.900. The molecule has 0 N–H and O–H groups in total. The van der Waals surface area contributed by atoms with E-state index < -0.39 is 0 Å². The van der Waals surface area contributed by atoms with Crippen LogP contribution in [0.1, 0.15) is 30.1 Å². The Labute approximate surface area is 109 Å². The van der Waals surface area contributed by atoms with Crippen molar-refractivity contribution >= 4 is 21.8 Å². The van der Waals surface area contributed by atoms with Gasteiger partial charge in [-0.1, -0.05) is 6.92 Å². The van der Waals surface area contributed by atoms with E-state index in [9.17, 15) is 9.18 Å². The molecular formula is C13H15BrFNO. The number of piperidine rings is 1. The third-order valence-electron chi connectivity index (χ3n) is 3.23. The predicted octanol–water partition coefficient (Wildman–Crippen LogP) is 3.46. The van der Waals surface area contributed by atoms with Crippen molar-refractivity contribution in [3.63, 3.8) is 0 Å². The van der Waals surface area contributed by atoms with Gasteiger partial charge in [-0.15, -0.1) is 0 Å². The van der Waals surface area contributed by atoms with Gasteiger partial charge in [-0.3, -0.25) is 4.79 Å².